The first kappa shape index (κ1) is 7.84. The minimum atomic E-state index is -0.0978. The Hall–Kier alpha value is -0.530. The number of carbonyl (C=O) groups excluding carboxylic acids is 1. The monoisotopic (exact) mass is 178 g/mol. The van der Waals surface area contributed by atoms with Gasteiger partial charge in [-0.15, -0.1) is 0 Å². The second-order valence-corrected chi connectivity index (χ2v) is 5.36. The highest BCUT2D eigenvalue weighted by Crippen LogP contribution is 2.60. The largest absolute Gasteiger partial charge is 0.369 e. The van der Waals surface area contributed by atoms with E-state index < -0.39 is 0 Å². The zero-order valence-corrected chi connectivity index (χ0v) is 7.88. The summed E-state index contributed by atoms with van der Waals surface area (Å²) < 4.78 is 0. The van der Waals surface area contributed by atoms with Gasteiger partial charge in [0.15, 0.2) is 0 Å². The minimum absolute atomic E-state index is 0.0286. The van der Waals surface area contributed by atoms with E-state index in [9.17, 15) is 4.79 Å². The van der Waals surface area contributed by atoms with E-state index in [4.69, 9.17) is 5.73 Å². The standard InChI is InChI=1S/C11H16NO/c12-10(13)11-4-7-1-8(5-11)3-9(2-7)6-11/h7-8H,1-6H2,(H2,12,13). The van der Waals surface area contributed by atoms with Gasteiger partial charge in [0.2, 0.25) is 5.91 Å². The van der Waals surface area contributed by atoms with E-state index in [-0.39, 0.29) is 11.3 Å². The summed E-state index contributed by atoms with van der Waals surface area (Å²) in [5.74, 6) is 3.20. The molecule has 71 valence electrons. The van der Waals surface area contributed by atoms with Gasteiger partial charge in [-0.25, -0.2) is 0 Å². The molecule has 0 aromatic heterocycles. The highest BCUT2D eigenvalue weighted by Gasteiger charge is 2.53. The molecule has 0 aromatic rings. The normalized spacial score (nSPS) is 48.3. The minimum Gasteiger partial charge on any atom is -0.369 e. The Balaban J connectivity index is 1.95. The van der Waals surface area contributed by atoms with Crippen LogP contribution >= 0.6 is 0 Å². The van der Waals surface area contributed by atoms with Crippen LogP contribution in [0.25, 0.3) is 0 Å². The molecule has 2 nitrogen and oxygen atoms in total. The third kappa shape index (κ3) is 0.976. The van der Waals surface area contributed by atoms with Crippen molar-refractivity contribution in [3.8, 4) is 0 Å². The second-order valence-electron chi connectivity index (χ2n) is 5.36. The van der Waals surface area contributed by atoms with Gasteiger partial charge >= 0.3 is 0 Å². The fourth-order valence-electron chi connectivity index (χ4n) is 4.09. The molecule has 4 saturated carbocycles. The Morgan fingerprint density at radius 2 is 1.92 bits per heavy atom. The maximum atomic E-state index is 11.5. The van der Waals surface area contributed by atoms with Crippen molar-refractivity contribution >= 4 is 5.91 Å². The molecule has 0 saturated heterocycles. The Morgan fingerprint density at radius 1 is 1.31 bits per heavy atom. The lowest BCUT2D eigenvalue weighted by molar-refractivity contribution is -0.136. The van der Waals surface area contributed by atoms with Gasteiger partial charge in [-0.05, 0) is 56.3 Å². The molecule has 2 heteroatoms. The molecular weight excluding hydrogens is 162 g/mol. The van der Waals surface area contributed by atoms with E-state index in [1.54, 1.807) is 5.92 Å². The van der Waals surface area contributed by atoms with E-state index in [0.717, 1.165) is 31.1 Å². The molecule has 4 aliphatic rings. The fraction of sp³-hybridized carbons (Fsp3) is 0.818. The van der Waals surface area contributed by atoms with Crippen molar-refractivity contribution in [1.29, 1.82) is 0 Å². The van der Waals surface area contributed by atoms with E-state index in [1.807, 2.05) is 0 Å². The molecule has 0 spiro atoms. The average Bonchev–Trinajstić information content (AvgIpc) is 2.00. The van der Waals surface area contributed by atoms with Crippen molar-refractivity contribution in [3.63, 3.8) is 0 Å². The summed E-state index contributed by atoms with van der Waals surface area (Å²) in [7, 11) is 0. The number of hydrogen-bond acceptors (Lipinski definition) is 1. The average molecular weight is 178 g/mol. The lowest BCUT2D eigenvalue weighted by Crippen LogP contribution is -2.51. The summed E-state index contributed by atoms with van der Waals surface area (Å²) in [4.78, 5) is 11.5. The van der Waals surface area contributed by atoms with Crippen molar-refractivity contribution in [2.75, 3.05) is 0 Å². The first-order valence-electron chi connectivity index (χ1n) is 5.31. The summed E-state index contributed by atoms with van der Waals surface area (Å²) in [6, 6.07) is 0. The molecule has 0 aromatic carbocycles. The predicted molar refractivity (Wildman–Crippen MR) is 49.6 cm³/mol. The lowest BCUT2D eigenvalue weighted by atomic mass is 9.49. The third-order valence-corrected chi connectivity index (χ3v) is 4.29. The SMILES string of the molecule is NC(=O)C12C[C]3CC(CC(C3)C1)C2. The van der Waals surface area contributed by atoms with Gasteiger partial charge in [-0.3, -0.25) is 4.79 Å². The second kappa shape index (κ2) is 2.28. The van der Waals surface area contributed by atoms with Gasteiger partial charge in [-0.2, -0.15) is 0 Å². The molecule has 1 radical (unpaired) electrons. The van der Waals surface area contributed by atoms with Crippen LogP contribution in [0.4, 0.5) is 0 Å². The van der Waals surface area contributed by atoms with Gasteiger partial charge in [0.1, 0.15) is 0 Å². The summed E-state index contributed by atoms with van der Waals surface area (Å²) >= 11 is 0. The van der Waals surface area contributed by atoms with Crippen LogP contribution in [0.15, 0.2) is 0 Å². The van der Waals surface area contributed by atoms with Crippen molar-refractivity contribution in [2.24, 2.45) is 23.0 Å². The van der Waals surface area contributed by atoms with Crippen LogP contribution in [-0.2, 0) is 4.79 Å². The molecule has 0 heterocycles. The van der Waals surface area contributed by atoms with Crippen LogP contribution in [0, 0.1) is 23.2 Å². The first-order valence-corrected chi connectivity index (χ1v) is 5.31. The zero-order chi connectivity index (χ0) is 9.05. The van der Waals surface area contributed by atoms with E-state index in [1.165, 1.54) is 19.3 Å². The maximum Gasteiger partial charge on any atom is 0.223 e. The molecule has 13 heavy (non-hydrogen) atoms. The summed E-state index contributed by atoms with van der Waals surface area (Å²) in [5.41, 5.74) is 5.44. The topological polar surface area (TPSA) is 43.1 Å². The van der Waals surface area contributed by atoms with Crippen LogP contribution in [0.1, 0.15) is 38.5 Å². The van der Waals surface area contributed by atoms with Crippen LogP contribution < -0.4 is 5.73 Å². The summed E-state index contributed by atoms with van der Waals surface area (Å²) in [5, 5.41) is 0. The quantitative estimate of drug-likeness (QED) is 0.651. The number of hydrogen-bond donors (Lipinski definition) is 1. The van der Waals surface area contributed by atoms with Crippen LogP contribution in [-0.4, -0.2) is 5.91 Å². The van der Waals surface area contributed by atoms with E-state index in [2.05, 4.69) is 0 Å². The Bertz CT molecular complexity index is 224. The fourth-order valence-corrected chi connectivity index (χ4v) is 4.09. The summed E-state index contributed by atoms with van der Waals surface area (Å²) in [6.07, 6.45) is 7.15. The number of primary amides is 1. The van der Waals surface area contributed by atoms with Gasteiger partial charge < -0.3 is 5.73 Å². The van der Waals surface area contributed by atoms with Crippen molar-refractivity contribution in [2.45, 2.75) is 38.5 Å². The highest BCUT2D eigenvalue weighted by atomic mass is 16.1. The van der Waals surface area contributed by atoms with Crippen molar-refractivity contribution < 1.29 is 4.79 Å². The third-order valence-electron chi connectivity index (χ3n) is 4.29. The van der Waals surface area contributed by atoms with E-state index >= 15 is 0 Å². The number of nitrogens with two attached hydrogens (primary N) is 1. The Labute approximate surface area is 78.9 Å². The molecule has 1 amide bonds. The van der Waals surface area contributed by atoms with Gasteiger partial charge in [0.05, 0.1) is 5.41 Å². The molecule has 4 aliphatic carbocycles. The molecule has 2 atom stereocenters. The molecule has 4 rings (SSSR count). The van der Waals surface area contributed by atoms with E-state index in [0.29, 0.717) is 0 Å². The molecule has 4 fully saturated rings. The molecule has 2 N–H and O–H groups in total. The van der Waals surface area contributed by atoms with Crippen LogP contribution in [0.3, 0.4) is 0 Å². The van der Waals surface area contributed by atoms with Crippen molar-refractivity contribution in [3.05, 3.63) is 5.92 Å². The van der Waals surface area contributed by atoms with Crippen molar-refractivity contribution in [1.82, 2.24) is 0 Å². The zero-order valence-electron chi connectivity index (χ0n) is 7.88. The number of amides is 1. The van der Waals surface area contributed by atoms with Crippen LogP contribution in [0.2, 0.25) is 0 Å². The van der Waals surface area contributed by atoms with Gasteiger partial charge in [0, 0.05) is 0 Å². The Morgan fingerprint density at radius 3 is 2.38 bits per heavy atom. The highest BCUT2D eigenvalue weighted by molar-refractivity contribution is 5.81. The molecule has 2 unspecified atom stereocenters. The lowest BCUT2D eigenvalue weighted by Gasteiger charge is -2.54. The number of carbonyl (C=O) groups is 1. The molecular formula is C11H16NO. The molecule has 0 aliphatic heterocycles. The Kier molecular flexibility index (Phi) is 1.38. The summed E-state index contributed by atoms with van der Waals surface area (Å²) in [6.45, 7) is 0. The van der Waals surface area contributed by atoms with Gasteiger partial charge in [0.25, 0.3) is 0 Å². The smallest absolute Gasteiger partial charge is 0.223 e. The number of rotatable bonds is 1. The first-order chi connectivity index (χ1) is 6.18. The maximum absolute atomic E-state index is 11.5. The predicted octanol–water partition coefficient (Wildman–Crippen LogP) is 1.65. The van der Waals surface area contributed by atoms with Gasteiger partial charge in [-0.1, -0.05) is 0 Å². The molecule has 4 bridgehead atoms. The van der Waals surface area contributed by atoms with Crippen LogP contribution in [0.5, 0.6) is 0 Å².